The third-order valence-electron chi connectivity index (χ3n) is 2.66. The van der Waals surface area contributed by atoms with Crippen LogP contribution in [-0.4, -0.2) is 15.6 Å². The van der Waals surface area contributed by atoms with Gasteiger partial charge in [-0.15, -0.1) is 0 Å². The summed E-state index contributed by atoms with van der Waals surface area (Å²) in [5.41, 5.74) is 1.70. The molecule has 5 heteroatoms. The van der Waals surface area contributed by atoms with Gasteiger partial charge in [-0.05, 0) is 32.0 Å². The zero-order chi connectivity index (χ0) is 14.0. The molecular weight excluding hydrogens is 242 g/mol. The van der Waals surface area contributed by atoms with Crippen LogP contribution in [0.3, 0.4) is 0 Å². The number of hydrogen-bond acceptors (Lipinski definition) is 4. The highest BCUT2D eigenvalue weighted by molar-refractivity contribution is 5.97. The van der Waals surface area contributed by atoms with Gasteiger partial charge in [0.1, 0.15) is 5.75 Å². The molecule has 0 bridgehead atoms. The first kappa shape index (κ1) is 12.8. The van der Waals surface area contributed by atoms with Crippen molar-refractivity contribution in [3.05, 3.63) is 41.1 Å². The van der Waals surface area contributed by atoms with Crippen molar-refractivity contribution in [2.24, 2.45) is 7.05 Å². The number of carbonyl (C=O) groups excluding carboxylic acids is 1. The quantitative estimate of drug-likeness (QED) is 0.790. The molecule has 1 aromatic heterocycles. The molecular formula is C14H13N3O2. The average Bonchev–Trinajstić information content (AvgIpc) is 2.67. The number of rotatable bonds is 3. The summed E-state index contributed by atoms with van der Waals surface area (Å²) >= 11 is 0. The van der Waals surface area contributed by atoms with E-state index >= 15 is 0 Å². The highest BCUT2D eigenvalue weighted by atomic mass is 16.5. The number of nitriles is 1. The van der Waals surface area contributed by atoms with Crippen LogP contribution in [0.25, 0.3) is 0 Å². The van der Waals surface area contributed by atoms with E-state index in [9.17, 15) is 4.79 Å². The van der Waals surface area contributed by atoms with E-state index in [2.05, 4.69) is 5.10 Å². The summed E-state index contributed by atoms with van der Waals surface area (Å²) in [6.45, 7) is 3.31. The Balaban J connectivity index is 2.46. The fourth-order valence-electron chi connectivity index (χ4n) is 1.76. The van der Waals surface area contributed by atoms with Crippen molar-refractivity contribution in [2.75, 3.05) is 0 Å². The molecule has 0 saturated heterocycles. The van der Waals surface area contributed by atoms with Crippen LogP contribution in [0.5, 0.6) is 11.6 Å². The third-order valence-corrected chi connectivity index (χ3v) is 2.66. The minimum absolute atomic E-state index is 0.113. The van der Waals surface area contributed by atoms with Gasteiger partial charge in [-0.2, -0.15) is 10.4 Å². The molecule has 0 amide bonds. The minimum Gasteiger partial charge on any atom is -0.438 e. The molecule has 2 rings (SSSR count). The maximum Gasteiger partial charge on any atom is 0.217 e. The van der Waals surface area contributed by atoms with Gasteiger partial charge in [0.2, 0.25) is 5.88 Å². The predicted octanol–water partition coefficient (Wildman–Crippen LogP) is 2.60. The van der Waals surface area contributed by atoms with Crippen LogP contribution >= 0.6 is 0 Å². The number of carbonyl (C=O) groups is 1. The lowest BCUT2D eigenvalue weighted by atomic mass is 10.1. The number of aryl methyl sites for hydroxylation is 2. The lowest BCUT2D eigenvalue weighted by molar-refractivity contribution is 0.101. The summed E-state index contributed by atoms with van der Waals surface area (Å²) in [5, 5.41) is 13.1. The van der Waals surface area contributed by atoms with Crippen LogP contribution in [-0.2, 0) is 7.05 Å². The summed E-state index contributed by atoms with van der Waals surface area (Å²) in [5.74, 6) is 0.781. The second kappa shape index (κ2) is 4.94. The smallest absolute Gasteiger partial charge is 0.217 e. The van der Waals surface area contributed by atoms with Crippen molar-refractivity contribution in [3.63, 3.8) is 0 Å². The number of hydrogen-bond donors (Lipinski definition) is 0. The largest absolute Gasteiger partial charge is 0.438 e. The number of aromatic nitrogens is 2. The molecule has 0 aliphatic carbocycles. The fourth-order valence-corrected chi connectivity index (χ4v) is 1.76. The van der Waals surface area contributed by atoms with Gasteiger partial charge in [0.15, 0.2) is 5.78 Å². The lowest BCUT2D eigenvalue weighted by Crippen LogP contribution is -2.00. The molecule has 1 aromatic carbocycles. The molecule has 2 aromatic rings. The topological polar surface area (TPSA) is 67.9 Å². The van der Waals surface area contributed by atoms with Gasteiger partial charge in [0, 0.05) is 13.1 Å². The molecule has 19 heavy (non-hydrogen) atoms. The first-order chi connectivity index (χ1) is 9.01. The highest BCUT2D eigenvalue weighted by Crippen LogP contribution is 2.27. The predicted molar refractivity (Wildman–Crippen MR) is 69.2 cm³/mol. The van der Waals surface area contributed by atoms with Gasteiger partial charge < -0.3 is 4.74 Å². The summed E-state index contributed by atoms with van der Waals surface area (Å²) in [7, 11) is 1.75. The number of nitrogens with zero attached hydrogens (tertiary/aromatic N) is 3. The number of benzene rings is 1. The van der Waals surface area contributed by atoms with E-state index in [1.807, 2.05) is 13.0 Å². The van der Waals surface area contributed by atoms with Crippen LogP contribution in [0.2, 0.25) is 0 Å². The van der Waals surface area contributed by atoms with Crippen LogP contribution in [0.4, 0.5) is 0 Å². The second-order valence-electron chi connectivity index (χ2n) is 4.23. The van der Waals surface area contributed by atoms with Crippen molar-refractivity contribution < 1.29 is 9.53 Å². The van der Waals surface area contributed by atoms with Crippen LogP contribution in [0.15, 0.2) is 24.3 Å². The van der Waals surface area contributed by atoms with E-state index in [-0.39, 0.29) is 5.78 Å². The minimum atomic E-state index is -0.113. The Morgan fingerprint density at radius 3 is 2.68 bits per heavy atom. The number of ketones is 1. The Kier molecular flexibility index (Phi) is 3.34. The van der Waals surface area contributed by atoms with Gasteiger partial charge in [0.05, 0.1) is 22.9 Å². The van der Waals surface area contributed by atoms with E-state index in [1.165, 1.54) is 6.92 Å². The molecule has 0 aliphatic heterocycles. The Hall–Kier alpha value is -2.61. The zero-order valence-electron chi connectivity index (χ0n) is 11.0. The SMILES string of the molecule is CC(=O)c1ccc(C#N)cc1Oc1cc(C)nn1C. The van der Waals surface area contributed by atoms with E-state index < -0.39 is 0 Å². The van der Waals surface area contributed by atoms with E-state index in [0.29, 0.717) is 22.8 Å². The van der Waals surface area contributed by atoms with Crippen molar-refractivity contribution >= 4 is 5.78 Å². The number of ether oxygens (including phenoxy) is 1. The molecule has 0 aliphatic rings. The maximum atomic E-state index is 11.6. The van der Waals surface area contributed by atoms with E-state index in [1.54, 1.807) is 36.0 Å². The van der Waals surface area contributed by atoms with Gasteiger partial charge in [-0.25, -0.2) is 4.68 Å². The molecule has 0 atom stereocenters. The number of Topliss-reactive ketones (excluding diaryl/α,β-unsaturated/α-hetero) is 1. The normalized spacial score (nSPS) is 10.0. The second-order valence-corrected chi connectivity index (χ2v) is 4.23. The van der Waals surface area contributed by atoms with Gasteiger partial charge in [-0.1, -0.05) is 0 Å². The summed E-state index contributed by atoms with van der Waals surface area (Å²) < 4.78 is 7.28. The standard InChI is InChI=1S/C14H13N3O2/c1-9-6-14(17(3)16-9)19-13-7-11(8-15)4-5-12(13)10(2)18/h4-7H,1-3H3. The van der Waals surface area contributed by atoms with Crippen LogP contribution in [0, 0.1) is 18.3 Å². The molecule has 0 unspecified atom stereocenters. The molecule has 0 radical (unpaired) electrons. The first-order valence-corrected chi connectivity index (χ1v) is 5.75. The van der Waals surface area contributed by atoms with Gasteiger partial charge >= 0.3 is 0 Å². The summed E-state index contributed by atoms with van der Waals surface area (Å²) in [6, 6.07) is 8.54. The highest BCUT2D eigenvalue weighted by Gasteiger charge is 2.12. The van der Waals surface area contributed by atoms with Crippen LogP contribution in [0.1, 0.15) is 28.5 Å². The molecule has 5 nitrogen and oxygen atoms in total. The molecule has 0 N–H and O–H groups in total. The maximum absolute atomic E-state index is 11.6. The van der Waals surface area contributed by atoms with Crippen molar-refractivity contribution in [2.45, 2.75) is 13.8 Å². The Morgan fingerprint density at radius 1 is 1.42 bits per heavy atom. The van der Waals surface area contributed by atoms with Gasteiger partial charge in [-0.3, -0.25) is 4.79 Å². The molecule has 1 heterocycles. The lowest BCUT2D eigenvalue weighted by Gasteiger charge is -2.09. The zero-order valence-corrected chi connectivity index (χ0v) is 11.0. The fraction of sp³-hybridized carbons (Fsp3) is 0.214. The van der Waals surface area contributed by atoms with Gasteiger partial charge in [0.25, 0.3) is 0 Å². The Bertz CT molecular complexity index is 680. The average molecular weight is 255 g/mol. The van der Waals surface area contributed by atoms with E-state index in [0.717, 1.165) is 5.69 Å². The van der Waals surface area contributed by atoms with Crippen LogP contribution < -0.4 is 4.74 Å². The summed E-state index contributed by atoms with van der Waals surface area (Å²) in [4.78, 5) is 11.6. The molecule has 96 valence electrons. The van der Waals surface area contributed by atoms with Crippen molar-refractivity contribution in [3.8, 4) is 17.7 Å². The molecule has 0 spiro atoms. The van der Waals surface area contributed by atoms with Crippen molar-refractivity contribution in [1.29, 1.82) is 5.26 Å². The monoisotopic (exact) mass is 255 g/mol. The van der Waals surface area contributed by atoms with E-state index in [4.69, 9.17) is 10.00 Å². The Morgan fingerprint density at radius 2 is 2.16 bits per heavy atom. The van der Waals surface area contributed by atoms with Crippen molar-refractivity contribution in [1.82, 2.24) is 9.78 Å². The summed E-state index contributed by atoms with van der Waals surface area (Å²) in [6.07, 6.45) is 0. The molecule has 0 saturated carbocycles. The Labute approximate surface area is 111 Å². The molecule has 0 fully saturated rings. The first-order valence-electron chi connectivity index (χ1n) is 5.75. The third kappa shape index (κ3) is 2.63.